The van der Waals surface area contributed by atoms with Gasteiger partial charge in [0.1, 0.15) is 0 Å². The number of rotatable bonds is 5. The molecule has 0 amide bonds. The van der Waals surface area contributed by atoms with E-state index in [0.717, 1.165) is 24.2 Å². The fourth-order valence-electron chi connectivity index (χ4n) is 9.07. The SMILES string of the molecule is CC(C)CCCC(C)C1CCC2(C)C3=CCC4C(C)(C)C=CC(=O)C4(C)C3CCC12C. The summed E-state index contributed by atoms with van der Waals surface area (Å²) in [5.41, 5.74) is 2.23. The molecule has 2 saturated carbocycles. The zero-order valence-electron chi connectivity index (χ0n) is 21.7. The second kappa shape index (κ2) is 7.59. The van der Waals surface area contributed by atoms with Crippen LogP contribution < -0.4 is 0 Å². The van der Waals surface area contributed by atoms with Crippen LogP contribution >= 0.6 is 0 Å². The van der Waals surface area contributed by atoms with Gasteiger partial charge in [-0.1, -0.05) is 92.4 Å². The smallest absolute Gasteiger partial charge is 0.162 e. The lowest BCUT2D eigenvalue weighted by Crippen LogP contribution is -2.57. The van der Waals surface area contributed by atoms with Crippen LogP contribution in [0.5, 0.6) is 0 Å². The average molecular weight is 425 g/mol. The molecule has 0 aromatic heterocycles. The first-order valence-electron chi connectivity index (χ1n) is 13.3. The van der Waals surface area contributed by atoms with Crippen molar-refractivity contribution < 1.29 is 4.79 Å². The number of ketones is 1. The Balaban J connectivity index is 1.63. The highest BCUT2D eigenvalue weighted by atomic mass is 16.1. The maximum Gasteiger partial charge on any atom is 0.162 e. The summed E-state index contributed by atoms with van der Waals surface area (Å²) in [7, 11) is 0. The summed E-state index contributed by atoms with van der Waals surface area (Å²) in [6.07, 6.45) is 17.2. The van der Waals surface area contributed by atoms with Crippen molar-refractivity contribution in [3.8, 4) is 0 Å². The highest BCUT2D eigenvalue weighted by Gasteiger charge is 2.65. The van der Waals surface area contributed by atoms with Crippen LogP contribution in [0.1, 0.15) is 107 Å². The second-order valence-corrected chi connectivity index (χ2v) is 13.5. The minimum absolute atomic E-state index is 0.107. The number of fused-ring (bicyclic) bond motifs is 5. The fourth-order valence-corrected chi connectivity index (χ4v) is 9.07. The van der Waals surface area contributed by atoms with Crippen molar-refractivity contribution in [1.82, 2.24) is 0 Å². The lowest BCUT2D eigenvalue weighted by molar-refractivity contribution is -0.138. The Kier molecular flexibility index (Phi) is 5.71. The molecule has 174 valence electrons. The molecule has 31 heavy (non-hydrogen) atoms. The van der Waals surface area contributed by atoms with Crippen molar-refractivity contribution in [3.63, 3.8) is 0 Å². The molecule has 0 spiro atoms. The van der Waals surface area contributed by atoms with Gasteiger partial charge in [-0.3, -0.25) is 4.79 Å². The summed E-state index contributed by atoms with van der Waals surface area (Å²) in [5, 5.41) is 0. The average Bonchev–Trinajstić information content (AvgIpc) is 2.96. The van der Waals surface area contributed by atoms with Gasteiger partial charge in [-0.25, -0.2) is 0 Å². The monoisotopic (exact) mass is 424 g/mol. The summed E-state index contributed by atoms with van der Waals surface area (Å²) in [6.45, 7) is 19.5. The molecule has 0 N–H and O–H groups in total. The number of allylic oxidation sites excluding steroid dienone is 4. The van der Waals surface area contributed by atoms with E-state index in [4.69, 9.17) is 0 Å². The Labute approximate surface area is 192 Å². The first-order chi connectivity index (χ1) is 14.4. The topological polar surface area (TPSA) is 17.1 Å². The number of hydrogen-bond donors (Lipinski definition) is 0. The third-order valence-electron chi connectivity index (χ3n) is 11.2. The lowest BCUT2D eigenvalue weighted by atomic mass is 9.42. The van der Waals surface area contributed by atoms with Crippen molar-refractivity contribution in [1.29, 1.82) is 0 Å². The molecule has 1 nitrogen and oxygen atoms in total. The predicted molar refractivity (Wildman–Crippen MR) is 132 cm³/mol. The van der Waals surface area contributed by atoms with E-state index in [0.29, 0.717) is 23.0 Å². The Morgan fingerprint density at radius 3 is 2.39 bits per heavy atom. The van der Waals surface area contributed by atoms with E-state index in [9.17, 15) is 4.79 Å². The Morgan fingerprint density at radius 2 is 1.71 bits per heavy atom. The molecule has 4 aliphatic carbocycles. The van der Waals surface area contributed by atoms with Crippen molar-refractivity contribution >= 4 is 5.78 Å². The Bertz CT molecular complexity index is 784. The molecule has 0 aromatic carbocycles. The second-order valence-electron chi connectivity index (χ2n) is 13.5. The summed E-state index contributed by atoms with van der Waals surface area (Å²) < 4.78 is 0. The largest absolute Gasteiger partial charge is 0.294 e. The van der Waals surface area contributed by atoms with Crippen LogP contribution in [-0.4, -0.2) is 5.78 Å². The van der Waals surface area contributed by atoms with Crippen LogP contribution in [0.25, 0.3) is 0 Å². The van der Waals surface area contributed by atoms with Gasteiger partial charge in [-0.15, -0.1) is 0 Å². The van der Waals surface area contributed by atoms with E-state index in [2.05, 4.69) is 67.5 Å². The maximum atomic E-state index is 13.4. The standard InChI is InChI=1S/C30H48O/c1-20(2)10-9-11-21(3)22-14-18-29(7)23-12-13-25-27(4,5)17-16-26(31)30(25,8)24(23)15-19-28(22,29)6/h12,16-17,20-22,24-25H,9-11,13-15,18-19H2,1-8H3. The molecule has 0 saturated heterocycles. The van der Waals surface area contributed by atoms with Crippen LogP contribution in [0.15, 0.2) is 23.8 Å². The summed E-state index contributed by atoms with van der Waals surface area (Å²) in [4.78, 5) is 13.4. The minimum atomic E-state index is -0.215. The summed E-state index contributed by atoms with van der Waals surface area (Å²) >= 11 is 0. The van der Waals surface area contributed by atoms with Gasteiger partial charge in [0.05, 0.1) is 0 Å². The van der Waals surface area contributed by atoms with Gasteiger partial charge >= 0.3 is 0 Å². The molecule has 2 fully saturated rings. The predicted octanol–water partition coefficient (Wildman–Crippen LogP) is 8.40. The summed E-state index contributed by atoms with van der Waals surface area (Å²) in [6, 6.07) is 0. The lowest BCUT2D eigenvalue weighted by Gasteiger charge is -2.61. The van der Waals surface area contributed by atoms with Gasteiger partial charge in [-0.05, 0) is 84.0 Å². The highest BCUT2D eigenvalue weighted by Crippen LogP contribution is 2.72. The third kappa shape index (κ3) is 3.26. The Morgan fingerprint density at radius 1 is 1.00 bits per heavy atom. The van der Waals surface area contributed by atoms with Gasteiger partial charge in [-0.2, -0.15) is 0 Å². The van der Waals surface area contributed by atoms with E-state index >= 15 is 0 Å². The molecular formula is C30H48O. The van der Waals surface area contributed by atoms with Crippen molar-refractivity contribution in [2.24, 2.45) is 51.2 Å². The van der Waals surface area contributed by atoms with Crippen LogP contribution in [0.4, 0.5) is 0 Å². The zero-order valence-corrected chi connectivity index (χ0v) is 21.7. The van der Waals surface area contributed by atoms with E-state index < -0.39 is 0 Å². The van der Waals surface area contributed by atoms with Gasteiger partial charge in [0, 0.05) is 5.41 Å². The molecular weight excluding hydrogens is 376 g/mol. The van der Waals surface area contributed by atoms with Crippen LogP contribution in [0.3, 0.4) is 0 Å². The van der Waals surface area contributed by atoms with E-state index in [1.54, 1.807) is 5.57 Å². The number of hydrogen-bond acceptors (Lipinski definition) is 1. The van der Waals surface area contributed by atoms with Crippen LogP contribution in [0, 0.1) is 51.2 Å². The Hall–Kier alpha value is -0.850. The van der Waals surface area contributed by atoms with Gasteiger partial charge in [0.15, 0.2) is 5.78 Å². The number of carbonyl (C=O) groups excluding carboxylic acids is 1. The molecule has 0 radical (unpaired) electrons. The normalized spacial score (nSPS) is 44.5. The first-order valence-corrected chi connectivity index (χ1v) is 13.3. The molecule has 4 rings (SSSR count). The van der Waals surface area contributed by atoms with Gasteiger partial charge < -0.3 is 0 Å². The molecule has 7 unspecified atom stereocenters. The summed E-state index contributed by atoms with van der Waals surface area (Å²) in [5.74, 6) is 3.74. The highest BCUT2D eigenvalue weighted by molar-refractivity contribution is 5.97. The first kappa shape index (κ1) is 23.3. The fraction of sp³-hybridized carbons (Fsp3) is 0.833. The quantitative estimate of drug-likeness (QED) is 0.405. The van der Waals surface area contributed by atoms with Gasteiger partial charge in [0.2, 0.25) is 0 Å². The van der Waals surface area contributed by atoms with E-state index in [1.165, 1.54) is 44.9 Å². The molecule has 7 atom stereocenters. The zero-order chi connectivity index (χ0) is 22.8. The van der Waals surface area contributed by atoms with E-state index in [-0.39, 0.29) is 16.2 Å². The molecule has 0 aromatic rings. The van der Waals surface area contributed by atoms with Crippen molar-refractivity contribution in [3.05, 3.63) is 23.8 Å². The molecule has 1 heteroatoms. The minimum Gasteiger partial charge on any atom is -0.294 e. The van der Waals surface area contributed by atoms with Gasteiger partial charge in [0.25, 0.3) is 0 Å². The molecule has 0 bridgehead atoms. The molecule has 0 aliphatic heterocycles. The third-order valence-corrected chi connectivity index (χ3v) is 11.2. The molecule has 4 aliphatic rings. The van der Waals surface area contributed by atoms with E-state index in [1.807, 2.05) is 6.08 Å². The van der Waals surface area contributed by atoms with Crippen LogP contribution in [-0.2, 0) is 4.79 Å². The molecule has 0 heterocycles. The van der Waals surface area contributed by atoms with Crippen molar-refractivity contribution in [2.45, 2.75) is 107 Å². The van der Waals surface area contributed by atoms with Crippen molar-refractivity contribution in [2.75, 3.05) is 0 Å². The maximum absolute atomic E-state index is 13.4. The number of carbonyl (C=O) groups is 1. The van der Waals surface area contributed by atoms with Crippen LogP contribution in [0.2, 0.25) is 0 Å².